The Kier molecular flexibility index (Phi) is 4.85. The monoisotopic (exact) mass is 269 g/mol. The van der Waals surface area contributed by atoms with Gasteiger partial charge < -0.3 is 5.32 Å². The molecule has 3 nitrogen and oxygen atoms in total. The van der Waals surface area contributed by atoms with Gasteiger partial charge in [0, 0.05) is 6.04 Å². The highest BCUT2D eigenvalue weighted by Gasteiger charge is 2.16. The molecule has 2 aromatic rings. The lowest BCUT2D eigenvalue weighted by Gasteiger charge is -2.21. The number of nitrogens with zero attached hydrogens (tertiary/aromatic N) is 2. The second-order valence-corrected chi connectivity index (χ2v) is 5.27. The Labute approximate surface area is 121 Å². The number of hydrogen-bond acceptors (Lipinski definition) is 3. The second kappa shape index (κ2) is 6.62. The fourth-order valence-corrected chi connectivity index (χ4v) is 2.52. The third-order valence-electron chi connectivity index (χ3n) is 3.65. The van der Waals surface area contributed by atoms with E-state index < -0.39 is 0 Å². The highest BCUT2D eigenvalue weighted by molar-refractivity contribution is 5.30. The van der Waals surface area contributed by atoms with Gasteiger partial charge in [0.1, 0.15) is 0 Å². The highest BCUT2D eigenvalue weighted by atomic mass is 15.1. The quantitative estimate of drug-likeness (QED) is 0.905. The molecule has 1 atom stereocenters. The second-order valence-electron chi connectivity index (χ2n) is 5.27. The van der Waals surface area contributed by atoms with Gasteiger partial charge in [0.25, 0.3) is 0 Å². The Hall–Kier alpha value is -1.74. The van der Waals surface area contributed by atoms with Crippen molar-refractivity contribution in [2.45, 2.75) is 40.2 Å². The number of aryl methyl sites for hydroxylation is 3. The van der Waals surface area contributed by atoms with Gasteiger partial charge >= 0.3 is 0 Å². The number of aromatic nitrogens is 2. The van der Waals surface area contributed by atoms with Crippen molar-refractivity contribution in [3.63, 3.8) is 0 Å². The molecule has 0 aliphatic carbocycles. The van der Waals surface area contributed by atoms with Gasteiger partial charge in [-0.15, -0.1) is 0 Å². The minimum atomic E-state index is 0.287. The first-order valence-corrected chi connectivity index (χ1v) is 7.20. The summed E-state index contributed by atoms with van der Waals surface area (Å²) >= 11 is 0. The van der Waals surface area contributed by atoms with Crippen LogP contribution in [0.15, 0.2) is 30.3 Å². The maximum atomic E-state index is 4.26. The molecule has 1 unspecified atom stereocenters. The summed E-state index contributed by atoms with van der Waals surface area (Å²) in [6, 6.07) is 11.0. The molecule has 20 heavy (non-hydrogen) atoms. The third-order valence-corrected chi connectivity index (χ3v) is 3.65. The molecule has 0 amide bonds. The first-order valence-electron chi connectivity index (χ1n) is 7.20. The zero-order chi connectivity index (χ0) is 14.5. The molecule has 0 radical (unpaired) electrons. The molecule has 0 saturated heterocycles. The number of likely N-dealkylation sites (N-methyl/N-ethyl adjacent to an activating group) is 1. The van der Waals surface area contributed by atoms with Crippen LogP contribution in [0.2, 0.25) is 0 Å². The van der Waals surface area contributed by atoms with Crippen LogP contribution < -0.4 is 5.32 Å². The zero-order valence-corrected chi connectivity index (χ0v) is 12.8. The van der Waals surface area contributed by atoms with Crippen LogP contribution in [0, 0.1) is 20.8 Å². The summed E-state index contributed by atoms with van der Waals surface area (Å²) in [4.78, 5) is 0. The van der Waals surface area contributed by atoms with Crippen molar-refractivity contribution in [1.29, 1.82) is 0 Å². The van der Waals surface area contributed by atoms with Crippen LogP contribution >= 0.6 is 0 Å². The summed E-state index contributed by atoms with van der Waals surface area (Å²) in [5.74, 6) is 0. The Morgan fingerprint density at radius 3 is 2.55 bits per heavy atom. The molecular weight excluding hydrogens is 246 g/mol. The molecule has 1 N–H and O–H groups in total. The average molecular weight is 269 g/mol. The minimum absolute atomic E-state index is 0.287. The van der Waals surface area contributed by atoms with Crippen LogP contribution in [-0.4, -0.2) is 16.7 Å². The van der Waals surface area contributed by atoms with Gasteiger partial charge in [0.2, 0.25) is 0 Å². The van der Waals surface area contributed by atoms with E-state index in [2.05, 4.69) is 59.7 Å². The Bertz CT molecular complexity index is 578. The average Bonchev–Trinajstić information content (AvgIpc) is 2.43. The van der Waals surface area contributed by atoms with Gasteiger partial charge in [-0.25, -0.2) is 0 Å². The van der Waals surface area contributed by atoms with Gasteiger partial charge in [-0.2, -0.15) is 10.2 Å². The predicted molar refractivity (Wildman–Crippen MR) is 82.8 cm³/mol. The fourth-order valence-electron chi connectivity index (χ4n) is 2.52. The van der Waals surface area contributed by atoms with E-state index >= 15 is 0 Å². The van der Waals surface area contributed by atoms with Crippen molar-refractivity contribution in [3.8, 4) is 0 Å². The van der Waals surface area contributed by atoms with Gasteiger partial charge in [-0.3, -0.25) is 0 Å². The largest absolute Gasteiger partial charge is 0.310 e. The smallest absolute Gasteiger partial charge is 0.0648 e. The van der Waals surface area contributed by atoms with E-state index in [1.165, 1.54) is 16.7 Å². The van der Waals surface area contributed by atoms with Gasteiger partial charge in [-0.1, -0.05) is 31.2 Å². The van der Waals surface area contributed by atoms with Gasteiger partial charge in [-0.05, 0) is 56.5 Å². The van der Waals surface area contributed by atoms with E-state index in [4.69, 9.17) is 0 Å². The molecule has 0 fully saturated rings. The first-order chi connectivity index (χ1) is 9.61. The van der Waals surface area contributed by atoms with Crippen molar-refractivity contribution in [2.75, 3.05) is 6.54 Å². The molecule has 0 saturated carbocycles. The van der Waals surface area contributed by atoms with Gasteiger partial charge in [0.15, 0.2) is 0 Å². The Balaban J connectivity index is 2.32. The van der Waals surface area contributed by atoms with Gasteiger partial charge in [0.05, 0.1) is 11.4 Å². The summed E-state index contributed by atoms with van der Waals surface area (Å²) in [6.07, 6.45) is 0.979. The Morgan fingerprint density at radius 1 is 1.10 bits per heavy atom. The molecular formula is C17H23N3. The normalized spacial score (nSPS) is 12.4. The van der Waals surface area contributed by atoms with Crippen molar-refractivity contribution < 1.29 is 0 Å². The van der Waals surface area contributed by atoms with E-state index in [1.807, 2.05) is 13.8 Å². The lowest BCUT2D eigenvalue weighted by atomic mass is 9.95. The van der Waals surface area contributed by atoms with Crippen LogP contribution in [-0.2, 0) is 6.42 Å². The summed E-state index contributed by atoms with van der Waals surface area (Å²) in [5.41, 5.74) is 5.95. The van der Waals surface area contributed by atoms with Crippen molar-refractivity contribution in [3.05, 3.63) is 58.4 Å². The van der Waals surface area contributed by atoms with E-state index in [-0.39, 0.29) is 6.04 Å². The van der Waals surface area contributed by atoms with E-state index in [9.17, 15) is 0 Å². The molecule has 106 valence electrons. The molecule has 0 spiro atoms. The van der Waals surface area contributed by atoms with Crippen LogP contribution in [0.5, 0.6) is 0 Å². The summed E-state index contributed by atoms with van der Waals surface area (Å²) < 4.78 is 0. The van der Waals surface area contributed by atoms with Crippen molar-refractivity contribution >= 4 is 0 Å². The minimum Gasteiger partial charge on any atom is -0.310 e. The van der Waals surface area contributed by atoms with Crippen LogP contribution in [0.4, 0.5) is 0 Å². The SMILES string of the molecule is CCNC(Cc1ccccc1C)c1cc(C)nnc1C. The summed E-state index contributed by atoms with van der Waals surface area (Å²) in [6.45, 7) is 9.27. The molecule has 0 aliphatic rings. The number of nitrogens with one attached hydrogen (secondary N) is 1. The number of benzene rings is 1. The molecule has 0 aliphatic heterocycles. The maximum Gasteiger partial charge on any atom is 0.0648 e. The molecule has 1 aromatic heterocycles. The molecule has 2 rings (SSSR count). The lowest BCUT2D eigenvalue weighted by molar-refractivity contribution is 0.541. The highest BCUT2D eigenvalue weighted by Crippen LogP contribution is 2.22. The maximum absolute atomic E-state index is 4.26. The zero-order valence-electron chi connectivity index (χ0n) is 12.8. The first kappa shape index (κ1) is 14.7. The summed E-state index contributed by atoms with van der Waals surface area (Å²) in [5, 5.41) is 12.0. The van der Waals surface area contributed by atoms with Crippen molar-refractivity contribution in [2.24, 2.45) is 0 Å². The molecule has 0 bridgehead atoms. The molecule has 1 heterocycles. The van der Waals surface area contributed by atoms with Crippen LogP contribution in [0.1, 0.15) is 41.0 Å². The standard InChI is InChI=1S/C17H23N3/c1-5-18-17(11-15-9-7-6-8-12(15)2)16-10-13(3)19-20-14(16)4/h6-10,17-18H,5,11H2,1-4H3. The third kappa shape index (κ3) is 3.42. The fraction of sp³-hybridized carbons (Fsp3) is 0.412. The molecule has 3 heteroatoms. The van der Waals surface area contributed by atoms with E-state index in [0.29, 0.717) is 0 Å². The lowest BCUT2D eigenvalue weighted by Crippen LogP contribution is -2.24. The Morgan fingerprint density at radius 2 is 1.85 bits per heavy atom. The topological polar surface area (TPSA) is 37.8 Å². The van der Waals surface area contributed by atoms with Crippen molar-refractivity contribution in [1.82, 2.24) is 15.5 Å². The van der Waals surface area contributed by atoms with E-state index in [0.717, 1.165) is 24.4 Å². The van der Waals surface area contributed by atoms with Crippen LogP contribution in [0.25, 0.3) is 0 Å². The number of rotatable bonds is 5. The van der Waals surface area contributed by atoms with Crippen LogP contribution in [0.3, 0.4) is 0 Å². The summed E-state index contributed by atoms with van der Waals surface area (Å²) in [7, 11) is 0. The number of hydrogen-bond donors (Lipinski definition) is 1. The van der Waals surface area contributed by atoms with E-state index in [1.54, 1.807) is 0 Å². The predicted octanol–water partition coefficient (Wildman–Crippen LogP) is 3.30. The molecule has 1 aromatic carbocycles.